The first-order valence-electron chi connectivity index (χ1n) is 7.60. The van der Waals surface area contributed by atoms with Gasteiger partial charge in [0.1, 0.15) is 0 Å². The van der Waals surface area contributed by atoms with Crippen LogP contribution in [-0.4, -0.2) is 18.8 Å². The Morgan fingerprint density at radius 3 is 2.45 bits per heavy atom. The maximum absolute atomic E-state index is 5.96. The maximum atomic E-state index is 5.96. The first kappa shape index (κ1) is 16.8. The summed E-state index contributed by atoms with van der Waals surface area (Å²) in [6.45, 7) is 12.8. The minimum atomic E-state index is 0.0856. The number of hydrogen-bond acceptors (Lipinski definition) is 3. The summed E-state index contributed by atoms with van der Waals surface area (Å²) >= 11 is 0. The molecule has 0 spiro atoms. The predicted octanol–water partition coefficient (Wildman–Crippen LogP) is 4.15. The van der Waals surface area contributed by atoms with Gasteiger partial charge in [-0.1, -0.05) is 25.5 Å². The van der Waals surface area contributed by atoms with Crippen LogP contribution in [0.3, 0.4) is 0 Å². The van der Waals surface area contributed by atoms with Crippen molar-refractivity contribution in [3.63, 3.8) is 0 Å². The van der Waals surface area contributed by atoms with E-state index in [1.54, 1.807) is 0 Å². The Bertz CT molecular complexity index is 396. The Morgan fingerprint density at radius 1 is 1.10 bits per heavy atom. The van der Waals surface area contributed by atoms with Crippen LogP contribution in [0, 0.1) is 0 Å². The van der Waals surface area contributed by atoms with E-state index in [1.807, 2.05) is 19.1 Å². The van der Waals surface area contributed by atoms with Gasteiger partial charge in [-0.3, -0.25) is 0 Å². The van der Waals surface area contributed by atoms with Gasteiger partial charge in [0.25, 0.3) is 0 Å². The molecule has 1 rings (SSSR count). The van der Waals surface area contributed by atoms with Crippen molar-refractivity contribution in [3.05, 3.63) is 23.8 Å². The molecule has 0 unspecified atom stereocenters. The average molecular weight is 279 g/mol. The van der Waals surface area contributed by atoms with Crippen molar-refractivity contribution in [3.8, 4) is 11.5 Å². The van der Waals surface area contributed by atoms with E-state index in [-0.39, 0.29) is 5.54 Å². The minimum absolute atomic E-state index is 0.0856. The van der Waals surface area contributed by atoms with Crippen LogP contribution in [0.15, 0.2) is 18.2 Å². The van der Waals surface area contributed by atoms with Gasteiger partial charge in [-0.05, 0) is 40.2 Å². The summed E-state index contributed by atoms with van der Waals surface area (Å²) in [5.41, 5.74) is 1.24. The summed E-state index contributed by atoms with van der Waals surface area (Å²) in [6.07, 6.45) is 2.19. The lowest BCUT2D eigenvalue weighted by molar-refractivity contribution is 0.268. The van der Waals surface area contributed by atoms with Crippen LogP contribution in [-0.2, 0) is 6.54 Å². The molecule has 0 aliphatic rings. The Hall–Kier alpha value is -1.22. The fourth-order valence-corrected chi connectivity index (χ4v) is 1.81. The summed E-state index contributed by atoms with van der Waals surface area (Å²) in [7, 11) is 0. The smallest absolute Gasteiger partial charge is 0.165 e. The molecule has 0 aliphatic heterocycles. The van der Waals surface area contributed by atoms with Crippen LogP contribution in [0.4, 0.5) is 0 Å². The Balaban J connectivity index is 2.86. The fraction of sp³-hybridized carbons (Fsp3) is 0.647. The number of unbranched alkanes of at least 4 members (excludes halogenated alkanes) is 1. The van der Waals surface area contributed by atoms with Crippen molar-refractivity contribution in [2.45, 2.75) is 59.5 Å². The standard InChI is InChI=1S/C17H29NO2/c1-6-8-12-20-16-14(13-18-17(3,4)5)10-9-11-15(16)19-7-2/h9-11,18H,6-8,12-13H2,1-5H3. The molecular formula is C17H29NO2. The highest BCUT2D eigenvalue weighted by Gasteiger charge is 2.14. The summed E-state index contributed by atoms with van der Waals surface area (Å²) in [5.74, 6) is 1.73. The molecule has 3 nitrogen and oxygen atoms in total. The van der Waals surface area contributed by atoms with Gasteiger partial charge in [-0.15, -0.1) is 0 Å². The van der Waals surface area contributed by atoms with Crippen LogP contribution < -0.4 is 14.8 Å². The molecule has 1 N–H and O–H groups in total. The van der Waals surface area contributed by atoms with Gasteiger partial charge in [0.2, 0.25) is 0 Å². The molecule has 0 atom stereocenters. The van der Waals surface area contributed by atoms with E-state index in [0.29, 0.717) is 6.61 Å². The van der Waals surface area contributed by atoms with Crippen LogP contribution in [0.25, 0.3) is 0 Å². The molecule has 20 heavy (non-hydrogen) atoms. The molecule has 0 heterocycles. The molecular weight excluding hydrogens is 250 g/mol. The molecule has 0 saturated heterocycles. The van der Waals surface area contributed by atoms with Crippen LogP contribution >= 0.6 is 0 Å². The molecule has 0 bridgehead atoms. The van der Waals surface area contributed by atoms with Crippen LogP contribution in [0.1, 0.15) is 53.0 Å². The molecule has 1 aromatic rings. The van der Waals surface area contributed by atoms with Gasteiger partial charge in [-0.25, -0.2) is 0 Å². The van der Waals surface area contributed by atoms with Crippen molar-refractivity contribution in [2.75, 3.05) is 13.2 Å². The van der Waals surface area contributed by atoms with Crippen molar-refractivity contribution in [1.82, 2.24) is 5.32 Å². The third kappa shape index (κ3) is 5.83. The Morgan fingerprint density at radius 2 is 1.85 bits per heavy atom. The molecule has 1 aromatic carbocycles. The van der Waals surface area contributed by atoms with Gasteiger partial charge in [-0.2, -0.15) is 0 Å². The lowest BCUT2D eigenvalue weighted by atomic mass is 10.1. The van der Waals surface area contributed by atoms with E-state index in [2.05, 4.69) is 39.1 Å². The third-order valence-corrected chi connectivity index (χ3v) is 2.91. The molecule has 0 amide bonds. The lowest BCUT2D eigenvalue weighted by Gasteiger charge is -2.22. The van der Waals surface area contributed by atoms with Gasteiger partial charge in [0, 0.05) is 17.6 Å². The molecule has 0 aromatic heterocycles. The highest BCUT2D eigenvalue weighted by atomic mass is 16.5. The quantitative estimate of drug-likeness (QED) is 0.725. The van der Waals surface area contributed by atoms with Crippen molar-refractivity contribution < 1.29 is 9.47 Å². The summed E-state index contributed by atoms with van der Waals surface area (Å²) in [5, 5.41) is 3.50. The second-order valence-electron chi connectivity index (χ2n) is 5.98. The predicted molar refractivity (Wildman–Crippen MR) is 84.6 cm³/mol. The summed E-state index contributed by atoms with van der Waals surface area (Å²) in [4.78, 5) is 0. The minimum Gasteiger partial charge on any atom is -0.490 e. The Kier molecular flexibility index (Phi) is 6.86. The first-order valence-corrected chi connectivity index (χ1v) is 7.60. The zero-order valence-electron chi connectivity index (χ0n) is 13.6. The zero-order chi connectivity index (χ0) is 15.0. The monoisotopic (exact) mass is 279 g/mol. The molecule has 0 aliphatic carbocycles. The largest absolute Gasteiger partial charge is 0.490 e. The highest BCUT2D eigenvalue weighted by Crippen LogP contribution is 2.32. The van der Waals surface area contributed by atoms with E-state index in [1.165, 1.54) is 0 Å². The van der Waals surface area contributed by atoms with E-state index >= 15 is 0 Å². The van der Waals surface area contributed by atoms with Crippen LogP contribution in [0.5, 0.6) is 11.5 Å². The third-order valence-electron chi connectivity index (χ3n) is 2.91. The fourth-order valence-electron chi connectivity index (χ4n) is 1.81. The normalized spacial score (nSPS) is 11.4. The van der Waals surface area contributed by atoms with Gasteiger partial charge >= 0.3 is 0 Å². The molecule has 0 fully saturated rings. The molecule has 0 saturated carbocycles. The first-order chi connectivity index (χ1) is 9.48. The molecule has 0 radical (unpaired) electrons. The zero-order valence-corrected chi connectivity index (χ0v) is 13.6. The average Bonchev–Trinajstić information content (AvgIpc) is 2.38. The Labute approximate surface area is 123 Å². The van der Waals surface area contributed by atoms with E-state index in [4.69, 9.17) is 9.47 Å². The number of rotatable bonds is 8. The number of hydrogen-bond donors (Lipinski definition) is 1. The van der Waals surface area contributed by atoms with Crippen LogP contribution in [0.2, 0.25) is 0 Å². The van der Waals surface area contributed by atoms with E-state index < -0.39 is 0 Å². The number of ether oxygens (including phenoxy) is 2. The van der Waals surface area contributed by atoms with E-state index in [0.717, 1.165) is 43.1 Å². The van der Waals surface area contributed by atoms with Crippen molar-refractivity contribution in [2.24, 2.45) is 0 Å². The molecule has 3 heteroatoms. The lowest BCUT2D eigenvalue weighted by Crippen LogP contribution is -2.35. The topological polar surface area (TPSA) is 30.5 Å². The second-order valence-corrected chi connectivity index (χ2v) is 5.98. The second kappa shape index (κ2) is 8.15. The number of benzene rings is 1. The van der Waals surface area contributed by atoms with Gasteiger partial charge in [0.05, 0.1) is 13.2 Å². The van der Waals surface area contributed by atoms with Crippen molar-refractivity contribution in [1.29, 1.82) is 0 Å². The maximum Gasteiger partial charge on any atom is 0.165 e. The highest BCUT2D eigenvalue weighted by molar-refractivity contribution is 5.46. The SMILES string of the molecule is CCCCOc1c(CNC(C)(C)C)cccc1OCC. The van der Waals surface area contributed by atoms with Gasteiger partial charge in [0.15, 0.2) is 11.5 Å². The summed E-state index contributed by atoms with van der Waals surface area (Å²) in [6, 6.07) is 6.10. The summed E-state index contributed by atoms with van der Waals surface area (Å²) < 4.78 is 11.6. The molecule has 114 valence electrons. The van der Waals surface area contributed by atoms with Crippen molar-refractivity contribution >= 4 is 0 Å². The van der Waals surface area contributed by atoms with Gasteiger partial charge < -0.3 is 14.8 Å². The number of nitrogens with one attached hydrogen (secondary N) is 1. The number of para-hydroxylation sites is 1. The van der Waals surface area contributed by atoms with E-state index in [9.17, 15) is 0 Å².